The number of carboxylic acid groups (broad SMARTS) is 1. The molecule has 0 bridgehead atoms. The van der Waals surface area contributed by atoms with Crippen molar-refractivity contribution in [2.24, 2.45) is 0 Å². The number of aliphatic hydroxyl groups excluding tert-OH is 1. The van der Waals surface area contributed by atoms with Gasteiger partial charge in [-0.1, -0.05) is 22.0 Å². The third-order valence-corrected chi connectivity index (χ3v) is 3.22. The second-order valence-corrected chi connectivity index (χ2v) is 4.67. The van der Waals surface area contributed by atoms with Gasteiger partial charge in [-0.3, -0.25) is 0 Å². The van der Waals surface area contributed by atoms with E-state index in [0.717, 1.165) is 15.4 Å². The van der Waals surface area contributed by atoms with Gasteiger partial charge in [0.15, 0.2) is 6.10 Å². The van der Waals surface area contributed by atoms with E-state index < -0.39 is 12.1 Å². The molecule has 4 nitrogen and oxygen atoms in total. The third kappa shape index (κ3) is 2.08. The van der Waals surface area contributed by atoms with Crippen LogP contribution in [0.5, 0.6) is 0 Å². The van der Waals surface area contributed by atoms with Gasteiger partial charge in [-0.2, -0.15) is 0 Å². The maximum Gasteiger partial charge on any atom is 0.338 e. The van der Waals surface area contributed by atoms with Crippen LogP contribution in [0.25, 0.3) is 10.9 Å². The molecule has 0 aliphatic heterocycles. The van der Waals surface area contributed by atoms with Gasteiger partial charge >= 0.3 is 5.97 Å². The number of nitrogens with zero attached hydrogens (tertiary/aromatic N) is 1. The van der Waals surface area contributed by atoms with E-state index in [9.17, 15) is 9.90 Å². The van der Waals surface area contributed by atoms with Crippen LogP contribution in [-0.4, -0.2) is 20.7 Å². The molecule has 0 fully saturated rings. The van der Waals surface area contributed by atoms with Crippen LogP contribution in [0.2, 0.25) is 0 Å². The molecule has 0 amide bonds. The molecule has 1 atom stereocenters. The highest BCUT2D eigenvalue weighted by Gasteiger charge is 2.21. The Hall–Kier alpha value is -1.33. The molecule has 1 aromatic heterocycles. The zero-order valence-corrected chi connectivity index (χ0v) is 10.8. The van der Waals surface area contributed by atoms with Gasteiger partial charge in [0, 0.05) is 21.9 Å². The molecule has 0 saturated carbocycles. The molecule has 0 radical (unpaired) electrons. The summed E-state index contributed by atoms with van der Waals surface area (Å²) in [5.74, 6) is -1.23. The van der Waals surface area contributed by atoms with Crippen molar-refractivity contribution in [1.29, 1.82) is 0 Å². The molecule has 5 heteroatoms. The molecule has 1 aromatic carbocycles. The zero-order valence-electron chi connectivity index (χ0n) is 9.22. The first-order valence-corrected chi connectivity index (χ1v) is 6.03. The van der Waals surface area contributed by atoms with Gasteiger partial charge in [-0.15, -0.1) is 0 Å². The molecule has 90 valence electrons. The summed E-state index contributed by atoms with van der Waals surface area (Å²) in [7, 11) is 0. The zero-order chi connectivity index (χ0) is 12.6. The standard InChI is InChI=1S/C12H12BrNO3/c1-2-14-9-6-8(13)4-3-7(9)5-10(14)11(15)12(16)17/h3-6,11,15H,2H2,1H3,(H,16,17). The molecule has 0 aliphatic carbocycles. The molecule has 17 heavy (non-hydrogen) atoms. The van der Waals surface area contributed by atoms with E-state index in [1.54, 1.807) is 10.6 Å². The Morgan fingerprint density at radius 3 is 2.76 bits per heavy atom. The van der Waals surface area contributed by atoms with Crippen LogP contribution in [0.1, 0.15) is 18.7 Å². The maximum absolute atomic E-state index is 10.8. The second-order valence-electron chi connectivity index (χ2n) is 3.76. The summed E-state index contributed by atoms with van der Waals surface area (Å²) in [6.07, 6.45) is -1.49. The molecule has 0 aliphatic rings. The Balaban J connectivity index is 2.68. The molecular weight excluding hydrogens is 286 g/mol. The smallest absolute Gasteiger partial charge is 0.338 e. The number of carboxylic acids is 1. The monoisotopic (exact) mass is 297 g/mol. The van der Waals surface area contributed by atoms with Gasteiger partial charge in [0.2, 0.25) is 0 Å². The number of aryl methyl sites for hydroxylation is 1. The molecule has 2 aromatic rings. The lowest BCUT2D eigenvalue weighted by Crippen LogP contribution is -2.14. The van der Waals surface area contributed by atoms with E-state index in [1.807, 2.05) is 25.1 Å². The summed E-state index contributed by atoms with van der Waals surface area (Å²) in [5, 5.41) is 19.4. The topological polar surface area (TPSA) is 62.5 Å². The normalized spacial score (nSPS) is 12.9. The fraction of sp³-hybridized carbons (Fsp3) is 0.250. The first-order chi connectivity index (χ1) is 8.04. The predicted molar refractivity (Wildman–Crippen MR) is 67.9 cm³/mol. The van der Waals surface area contributed by atoms with Gasteiger partial charge < -0.3 is 14.8 Å². The lowest BCUT2D eigenvalue weighted by atomic mass is 10.2. The Bertz CT molecular complexity index is 576. The third-order valence-electron chi connectivity index (χ3n) is 2.73. The van der Waals surface area contributed by atoms with Crippen molar-refractivity contribution >= 4 is 32.8 Å². The number of hydrogen-bond acceptors (Lipinski definition) is 2. The van der Waals surface area contributed by atoms with Crippen LogP contribution in [0, 0.1) is 0 Å². The first kappa shape index (κ1) is 12.1. The SMILES string of the molecule is CCn1c(C(O)C(=O)O)cc2ccc(Br)cc21. The van der Waals surface area contributed by atoms with Gasteiger partial charge in [0.05, 0.1) is 5.69 Å². The summed E-state index contributed by atoms with van der Waals surface area (Å²) >= 11 is 3.38. The number of benzene rings is 1. The Labute approximate surface area is 107 Å². The van der Waals surface area contributed by atoms with E-state index in [4.69, 9.17) is 5.11 Å². The predicted octanol–water partition coefficient (Wildman–Crippen LogP) is 2.54. The molecule has 2 N–H and O–H groups in total. The van der Waals surface area contributed by atoms with Crippen LogP contribution in [0.4, 0.5) is 0 Å². The van der Waals surface area contributed by atoms with E-state index in [-0.39, 0.29) is 0 Å². The van der Waals surface area contributed by atoms with Crippen LogP contribution in [-0.2, 0) is 11.3 Å². The fourth-order valence-electron chi connectivity index (χ4n) is 1.95. The van der Waals surface area contributed by atoms with Crippen LogP contribution < -0.4 is 0 Å². The fourth-order valence-corrected chi connectivity index (χ4v) is 2.30. The Morgan fingerprint density at radius 1 is 1.47 bits per heavy atom. The van der Waals surface area contributed by atoms with Crippen molar-refractivity contribution in [3.05, 3.63) is 34.4 Å². The lowest BCUT2D eigenvalue weighted by molar-refractivity contribution is -0.147. The number of fused-ring (bicyclic) bond motifs is 1. The molecular formula is C12H12BrNO3. The minimum absolute atomic E-state index is 0.410. The number of aliphatic carboxylic acids is 1. The highest BCUT2D eigenvalue weighted by atomic mass is 79.9. The largest absolute Gasteiger partial charge is 0.479 e. The van der Waals surface area contributed by atoms with E-state index >= 15 is 0 Å². The van der Waals surface area contributed by atoms with Crippen molar-refractivity contribution in [2.45, 2.75) is 19.6 Å². The van der Waals surface area contributed by atoms with Gasteiger partial charge in [0.25, 0.3) is 0 Å². The van der Waals surface area contributed by atoms with Crippen molar-refractivity contribution in [2.75, 3.05) is 0 Å². The highest BCUT2D eigenvalue weighted by molar-refractivity contribution is 9.10. The Kier molecular flexibility index (Phi) is 3.22. The molecule has 1 unspecified atom stereocenters. The average molecular weight is 298 g/mol. The van der Waals surface area contributed by atoms with Crippen molar-refractivity contribution in [3.63, 3.8) is 0 Å². The van der Waals surface area contributed by atoms with Crippen LogP contribution >= 0.6 is 15.9 Å². The van der Waals surface area contributed by atoms with Crippen molar-refractivity contribution in [3.8, 4) is 0 Å². The summed E-state index contributed by atoms with van der Waals surface area (Å²) < 4.78 is 2.73. The summed E-state index contributed by atoms with van der Waals surface area (Å²) in [6.45, 7) is 2.53. The number of halogens is 1. The van der Waals surface area contributed by atoms with Gasteiger partial charge in [-0.25, -0.2) is 4.79 Å². The van der Waals surface area contributed by atoms with E-state index in [0.29, 0.717) is 12.2 Å². The Morgan fingerprint density at radius 2 is 2.18 bits per heavy atom. The molecule has 1 heterocycles. The second kappa shape index (κ2) is 4.50. The molecule has 0 spiro atoms. The lowest BCUT2D eigenvalue weighted by Gasteiger charge is -2.10. The number of aromatic nitrogens is 1. The van der Waals surface area contributed by atoms with Crippen molar-refractivity contribution < 1.29 is 15.0 Å². The van der Waals surface area contributed by atoms with E-state index in [1.165, 1.54) is 0 Å². The quantitative estimate of drug-likeness (QED) is 0.915. The van der Waals surface area contributed by atoms with Gasteiger partial charge in [-0.05, 0) is 25.1 Å². The number of rotatable bonds is 3. The molecule has 2 rings (SSSR count). The van der Waals surface area contributed by atoms with E-state index in [2.05, 4.69) is 15.9 Å². The average Bonchev–Trinajstić information content (AvgIpc) is 2.65. The van der Waals surface area contributed by atoms with Crippen LogP contribution in [0.15, 0.2) is 28.7 Å². The van der Waals surface area contributed by atoms with Gasteiger partial charge in [0.1, 0.15) is 0 Å². The summed E-state index contributed by atoms with van der Waals surface area (Å²) in [4.78, 5) is 10.8. The summed E-state index contributed by atoms with van der Waals surface area (Å²) in [6, 6.07) is 7.41. The maximum atomic E-state index is 10.8. The number of hydrogen-bond donors (Lipinski definition) is 2. The van der Waals surface area contributed by atoms with Crippen molar-refractivity contribution in [1.82, 2.24) is 4.57 Å². The number of carbonyl (C=O) groups is 1. The first-order valence-electron chi connectivity index (χ1n) is 5.24. The minimum atomic E-state index is -1.49. The number of aliphatic hydroxyl groups is 1. The summed E-state index contributed by atoms with van der Waals surface area (Å²) in [5.41, 5.74) is 1.32. The van der Waals surface area contributed by atoms with Crippen LogP contribution in [0.3, 0.4) is 0 Å². The minimum Gasteiger partial charge on any atom is -0.479 e. The highest BCUT2D eigenvalue weighted by Crippen LogP contribution is 2.27. The molecule has 0 saturated heterocycles.